The summed E-state index contributed by atoms with van der Waals surface area (Å²) in [6, 6.07) is 0. The van der Waals surface area contributed by atoms with Crippen LogP contribution in [0.1, 0.15) is 39.5 Å². The fourth-order valence-corrected chi connectivity index (χ4v) is 3.27. The molecule has 0 spiro atoms. The Labute approximate surface area is 151 Å². The van der Waals surface area contributed by atoms with Gasteiger partial charge in [0.1, 0.15) is 0 Å². The summed E-state index contributed by atoms with van der Waals surface area (Å²) in [7, 11) is 1.85. The first-order valence-corrected chi connectivity index (χ1v) is 8.99. The summed E-state index contributed by atoms with van der Waals surface area (Å²) in [5.41, 5.74) is 0. The number of hydrogen-bond donors (Lipinski definition) is 2. The maximum Gasteiger partial charge on any atom is 0.191 e. The standard InChI is InChI=1S/C15H31N3OS.HI/c1-5-13(6-2)11-17-14(16-3)18-12-15(20-4)7-9-19-10-8-15;/h13H,5-12H2,1-4H3,(H2,16,17,18);1H. The summed E-state index contributed by atoms with van der Waals surface area (Å²) in [4.78, 5) is 4.33. The Hall–Kier alpha value is 0.310. The van der Waals surface area contributed by atoms with Gasteiger partial charge in [-0.05, 0) is 25.0 Å². The maximum absolute atomic E-state index is 5.48. The van der Waals surface area contributed by atoms with Crippen molar-refractivity contribution >= 4 is 41.7 Å². The van der Waals surface area contributed by atoms with Gasteiger partial charge in [-0.2, -0.15) is 11.8 Å². The Morgan fingerprint density at radius 2 is 1.86 bits per heavy atom. The Morgan fingerprint density at radius 3 is 2.33 bits per heavy atom. The highest BCUT2D eigenvalue weighted by atomic mass is 127. The SMILES string of the molecule is CCC(CC)CNC(=NC)NCC1(SC)CCOCC1.I. The Bertz CT molecular complexity index is 293. The highest BCUT2D eigenvalue weighted by Crippen LogP contribution is 2.32. The third kappa shape index (κ3) is 7.41. The van der Waals surface area contributed by atoms with Gasteiger partial charge in [-0.3, -0.25) is 4.99 Å². The van der Waals surface area contributed by atoms with E-state index in [1.807, 2.05) is 18.8 Å². The first-order chi connectivity index (χ1) is 9.69. The van der Waals surface area contributed by atoms with Crippen molar-refractivity contribution in [3.8, 4) is 0 Å². The fraction of sp³-hybridized carbons (Fsp3) is 0.933. The van der Waals surface area contributed by atoms with Crippen LogP contribution in [0.15, 0.2) is 4.99 Å². The molecule has 0 aliphatic carbocycles. The van der Waals surface area contributed by atoms with E-state index in [0.29, 0.717) is 4.75 Å². The molecule has 1 aliphatic heterocycles. The molecule has 6 heteroatoms. The zero-order chi connectivity index (χ0) is 14.8. The lowest BCUT2D eigenvalue weighted by Crippen LogP contribution is -2.48. The lowest BCUT2D eigenvalue weighted by Gasteiger charge is -2.36. The molecule has 126 valence electrons. The second-order valence-electron chi connectivity index (χ2n) is 5.49. The van der Waals surface area contributed by atoms with E-state index in [9.17, 15) is 0 Å². The smallest absolute Gasteiger partial charge is 0.191 e. The van der Waals surface area contributed by atoms with Crippen LogP contribution in [0.4, 0.5) is 0 Å². The largest absolute Gasteiger partial charge is 0.381 e. The summed E-state index contributed by atoms with van der Waals surface area (Å²) in [5, 5.41) is 6.95. The topological polar surface area (TPSA) is 45.7 Å². The lowest BCUT2D eigenvalue weighted by molar-refractivity contribution is 0.0783. The first kappa shape index (κ1) is 21.3. The van der Waals surface area contributed by atoms with Crippen LogP contribution in [-0.4, -0.2) is 50.3 Å². The van der Waals surface area contributed by atoms with Gasteiger partial charge in [0.25, 0.3) is 0 Å². The van der Waals surface area contributed by atoms with Crippen LogP contribution in [0.5, 0.6) is 0 Å². The minimum absolute atomic E-state index is 0. The molecule has 0 aromatic carbocycles. The fourth-order valence-electron chi connectivity index (χ4n) is 2.48. The van der Waals surface area contributed by atoms with E-state index >= 15 is 0 Å². The summed E-state index contributed by atoms with van der Waals surface area (Å²) in [6.07, 6.45) is 6.86. The van der Waals surface area contributed by atoms with Crippen molar-refractivity contribution in [2.24, 2.45) is 10.9 Å². The second kappa shape index (κ2) is 11.8. The van der Waals surface area contributed by atoms with Crippen LogP contribution < -0.4 is 10.6 Å². The van der Waals surface area contributed by atoms with Crippen molar-refractivity contribution < 1.29 is 4.74 Å². The first-order valence-electron chi connectivity index (χ1n) is 7.77. The van der Waals surface area contributed by atoms with E-state index in [1.54, 1.807) is 0 Å². The van der Waals surface area contributed by atoms with Crippen LogP contribution >= 0.6 is 35.7 Å². The molecular formula is C15H32IN3OS. The summed E-state index contributed by atoms with van der Waals surface area (Å²) >= 11 is 1.95. The molecule has 0 amide bonds. The molecule has 21 heavy (non-hydrogen) atoms. The number of aliphatic imine (C=N–C) groups is 1. The van der Waals surface area contributed by atoms with Crippen molar-refractivity contribution in [2.75, 3.05) is 39.6 Å². The van der Waals surface area contributed by atoms with Gasteiger partial charge in [-0.1, -0.05) is 26.7 Å². The molecule has 4 nitrogen and oxygen atoms in total. The van der Waals surface area contributed by atoms with Crippen molar-refractivity contribution in [3.63, 3.8) is 0 Å². The second-order valence-corrected chi connectivity index (χ2v) is 6.76. The third-order valence-corrected chi connectivity index (χ3v) is 5.77. The van der Waals surface area contributed by atoms with Gasteiger partial charge in [-0.15, -0.1) is 24.0 Å². The van der Waals surface area contributed by atoms with Crippen molar-refractivity contribution in [1.29, 1.82) is 0 Å². The maximum atomic E-state index is 5.48. The summed E-state index contributed by atoms with van der Waals surface area (Å²) in [5.74, 6) is 1.66. The molecule has 1 aliphatic rings. The summed E-state index contributed by atoms with van der Waals surface area (Å²) < 4.78 is 5.78. The van der Waals surface area contributed by atoms with E-state index in [1.165, 1.54) is 12.8 Å². The number of guanidine groups is 1. The molecule has 0 unspecified atom stereocenters. The molecule has 0 bridgehead atoms. The van der Waals surface area contributed by atoms with E-state index in [4.69, 9.17) is 4.74 Å². The van der Waals surface area contributed by atoms with Gasteiger partial charge in [0.2, 0.25) is 0 Å². The minimum atomic E-state index is 0. The van der Waals surface area contributed by atoms with Gasteiger partial charge < -0.3 is 15.4 Å². The van der Waals surface area contributed by atoms with Gasteiger partial charge in [0, 0.05) is 38.1 Å². The molecule has 0 saturated carbocycles. The molecule has 0 atom stereocenters. The molecule has 2 N–H and O–H groups in total. The van der Waals surface area contributed by atoms with E-state index < -0.39 is 0 Å². The highest BCUT2D eigenvalue weighted by molar-refractivity contribution is 14.0. The predicted molar refractivity (Wildman–Crippen MR) is 105 cm³/mol. The third-order valence-electron chi connectivity index (χ3n) is 4.35. The molecule has 1 heterocycles. The minimum Gasteiger partial charge on any atom is -0.381 e. The van der Waals surface area contributed by atoms with Gasteiger partial charge >= 0.3 is 0 Å². The van der Waals surface area contributed by atoms with Crippen LogP contribution in [0.2, 0.25) is 0 Å². The van der Waals surface area contributed by atoms with Crippen molar-refractivity contribution in [2.45, 2.75) is 44.3 Å². The zero-order valence-electron chi connectivity index (χ0n) is 13.9. The Morgan fingerprint density at radius 1 is 1.24 bits per heavy atom. The van der Waals surface area contributed by atoms with Gasteiger partial charge in [0.15, 0.2) is 5.96 Å². The Balaban J connectivity index is 0.00000400. The van der Waals surface area contributed by atoms with Crippen LogP contribution in [0, 0.1) is 5.92 Å². The number of ether oxygens (including phenoxy) is 1. The van der Waals surface area contributed by atoms with Gasteiger partial charge in [0.05, 0.1) is 0 Å². The average Bonchev–Trinajstić information content (AvgIpc) is 2.52. The predicted octanol–water partition coefficient (Wildman–Crippen LogP) is 3.12. The molecular weight excluding hydrogens is 397 g/mol. The van der Waals surface area contributed by atoms with Gasteiger partial charge in [-0.25, -0.2) is 0 Å². The molecule has 1 fully saturated rings. The van der Waals surface area contributed by atoms with Crippen LogP contribution in [0.3, 0.4) is 0 Å². The summed E-state index contributed by atoms with van der Waals surface area (Å²) in [6.45, 7) is 8.21. The molecule has 1 saturated heterocycles. The quantitative estimate of drug-likeness (QED) is 0.371. The van der Waals surface area contributed by atoms with E-state index in [2.05, 4.69) is 35.7 Å². The number of hydrogen-bond acceptors (Lipinski definition) is 3. The normalized spacial score (nSPS) is 18.2. The molecule has 0 aromatic rings. The van der Waals surface area contributed by atoms with E-state index in [-0.39, 0.29) is 24.0 Å². The molecule has 0 aromatic heterocycles. The molecule has 1 rings (SSSR count). The van der Waals surface area contributed by atoms with Crippen LogP contribution in [0.25, 0.3) is 0 Å². The number of thioether (sulfide) groups is 1. The van der Waals surface area contributed by atoms with E-state index in [0.717, 1.165) is 51.0 Å². The average molecular weight is 429 g/mol. The highest BCUT2D eigenvalue weighted by Gasteiger charge is 2.31. The van der Waals surface area contributed by atoms with Crippen molar-refractivity contribution in [3.05, 3.63) is 0 Å². The Kier molecular flexibility index (Phi) is 12.0. The van der Waals surface area contributed by atoms with Crippen molar-refractivity contribution in [1.82, 2.24) is 10.6 Å². The zero-order valence-corrected chi connectivity index (χ0v) is 17.1. The number of halogens is 1. The number of rotatable bonds is 7. The number of nitrogens with zero attached hydrogens (tertiary/aromatic N) is 1. The molecule has 0 radical (unpaired) electrons. The lowest BCUT2D eigenvalue weighted by atomic mass is 9.99. The number of nitrogens with one attached hydrogen (secondary N) is 2. The monoisotopic (exact) mass is 429 g/mol. The van der Waals surface area contributed by atoms with Crippen LogP contribution in [-0.2, 0) is 4.74 Å².